The fraction of sp³-hybridized carbons (Fsp3) is 0.286. The number of hydrogen-bond acceptors (Lipinski definition) is 2. The molecule has 0 aliphatic heterocycles. The number of thiophene rings is 1. The van der Waals surface area contributed by atoms with Gasteiger partial charge in [0.25, 0.3) is 0 Å². The number of halogens is 2. The van der Waals surface area contributed by atoms with E-state index in [4.69, 9.17) is 11.6 Å². The zero-order chi connectivity index (χ0) is 9.14. The van der Waals surface area contributed by atoms with E-state index in [1.165, 1.54) is 11.3 Å². The van der Waals surface area contributed by atoms with Gasteiger partial charge in [0.05, 0.1) is 4.47 Å². The molecule has 0 atom stereocenters. The van der Waals surface area contributed by atoms with Gasteiger partial charge in [-0.2, -0.15) is 0 Å². The third kappa shape index (κ3) is 2.47. The summed E-state index contributed by atoms with van der Waals surface area (Å²) in [5, 5.41) is 3.50. The number of anilines is 1. The number of amides is 1. The van der Waals surface area contributed by atoms with Crippen molar-refractivity contribution < 1.29 is 4.79 Å². The summed E-state index contributed by atoms with van der Waals surface area (Å²) in [4.78, 5) is 12.0. The molecule has 5 heteroatoms. The lowest BCUT2D eigenvalue weighted by atomic mass is 10.5. The molecule has 0 saturated heterocycles. The summed E-state index contributed by atoms with van der Waals surface area (Å²) in [5.41, 5.74) is 0. The third-order valence-electron chi connectivity index (χ3n) is 1.18. The van der Waals surface area contributed by atoms with Crippen LogP contribution in [-0.4, -0.2) is 11.8 Å². The van der Waals surface area contributed by atoms with Gasteiger partial charge in [0.2, 0.25) is 5.91 Å². The molecule has 1 N–H and O–H groups in total. The van der Waals surface area contributed by atoms with Crippen molar-refractivity contribution in [3.05, 3.63) is 15.4 Å². The monoisotopic (exact) mass is 267 g/mol. The number of aryl methyl sites for hydroxylation is 1. The Kier molecular flexibility index (Phi) is 3.55. The van der Waals surface area contributed by atoms with Gasteiger partial charge >= 0.3 is 0 Å². The Hall–Kier alpha value is -0.0600. The molecular weight excluding hydrogens is 262 g/mol. The van der Waals surface area contributed by atoms with E-state index in [0.29, 0.717) is 0 Å². The Labute approximate surface area is 88.0 Å². The second kappa shape index (κ2) is 4.25. The molecule has 0 aliphatic rings. The highest BCUT2D eigenvalue weighted by Gasteiger charge is 2.06. The minimum Gasteiger partial charge on any atom is -0.316 e. The van der Waals surface area contributed by atoms with Crippen molar-refractivity contribution in [1.82, 2.24) is 0 Å². The Morgan fingerprint density at radius 2 is 2.50 bits per heavy atom. The number of alkyl halides is 1. The lowest BCUT2D eigenvalue weighted by Crippen LogP contribution is -2.11. The molecule has 66 valence electrons. The maximum Gasteiger partial charge on any atom is 0.239 e. The van der Waals surface area contributed by atoms with Crippen LogP contribution in [0.2, 0.25) is 0 Å². The lowest BCUT2D eigenvalue weighted by molar-refractivity contribution is -0.113. The number of carbonyl (C=O) groups is 1. The molecule has 0 saturated carbocycles. The number of hydrogen-bond donors (Lipinski definition) is 1. The predicted molar refractivity (Wildman–Crippen MR) is 56.1 cm³/mol. The van der Waals surface area contributed by atoms with Crippen LogP contribution in [0.25, 0.3) is 0 Å². The Bertz CT molecular complexity index is 300. The molecule has 1 aromatic rings. The Morgan fingerprint density at radius 3 is 2.92 bits per heavy atom. The fourth-order valence-electron chi connectivity index (χ4n) is 0.728. The van der Waals surface area contributed by atoms with Gasteiger partial charge in [-0.15, -0.1) is 22.9 Å². The van der Waals surface area contributed by atoms with E-state index < -0.39 is 0 Å². The maximum atomic E-state index is 10.9. The van der Waals surface area contributed by atoms with Gasteiger partial charge < -0.3 is 5.32 Å². The van der Waals surface area contributed by atoms with E-state index >= 15 is 0 Å². The highest BCUT2D eigenvalue weighted by Crippen LogP contribution is 2.31. The first-order chi connectivity index (χ1) is 5.63. The summed E-state index contributed by atoms with van der Waals surface area (Å²) in [6, 6.07) is 1.95. The Morgan fingerprint density at radius 1 is 1.83 bits per heavy atom. The largest absolute Gasteiger partial charge is 0.316 e. The SMILES string of the molecule is Cc1cc(Br)c(NC(=O)CCl)s1. The standard InChI is InChI=1S/C7H7BrClNOS/c1-4-2-5(8)7(12-4)10-6(11)3-9/h2H,3H2,1H3,(H,10,11). The van der Waals surface area contributed by atoms with Crippen molar-refractivity contribution in [2.45, 2.75) is 6.92 Å². The maximum absolute atomic E-state index is 10.9. The van der Waals surface area contributed by atoms with E-state index in [9.17, 15) is 4.79 Å². The number of nitrogens with one attached hydrogen (secondary N) is 1. The fourth-order valence-corrected chi connectivity index (χ4v) is 2.45. The lowest BCUT2D eigenvalue weighted by Gasteiger charge is -1.98. The third-order valence-corrected chi connectivity index (χ3v) is 3.28. The highest BCUT2D eigenvalue weighted by molar-refractivity contribution is 9.10. The summed E-state index contributed by atoms with van der Waals surface area (Å²) >= 11 is 10.2. The molecule has 1 aromatic heterocycles. The molecule has 1 heterocycles. The van der Waals surface area contributed by atoms with Crippen molar-refractivity contribution >= 4 is 49.8 Å². The minimum atomic E-state index is -0.181. The van der Waals surface area contributed by atoms with E-state index in [1.807, 2.05) is 13.0 Å². The smallest absolute Gasteiger partial charge is 0.239 e. The molecule has 0 spiro atoms. The topological polar surface area (TPSA) is 29.1 Å². The van der Waals surface area contributed by atoms with Crippen molar-refractivity contribution in [1.29, 1.82) is 0 Å². The van der Waals surface area contributed by atoms with Gasteiger partial charge in [0, 0.05) is 4.88 Å². The first kappa shape index (κ1) is 10.0. The molecular formula is C7H7BrClNOS. The van der Waals surface area contributed by atoms with E-state index in [-0.39, 0.29) is 11.8 Å². The van der Waals surface area contributed by atoms with Crippen molar-refractivity contribution in [3.63, 3.8) is 0 Å². The summed E-state index contributed by atoms with van der Waals surface area (Å²) in [6.07, 6.45) is 0. The molecule has 0 aromatic carbocycles. The van der Waals surface area contributed by atoms with Gasteiger partial charge in [-0.05, 0) is 28.9 Å². The average molecular weight is 269 g/mol. The van der Waals surface area contributed by atoms with Crippen LogP contribution in [0.1, 0.15) is 4.88 Å². The van der Waals surface area contributed by atoms with Crippen LogP contribution in [0.5, 0.6) is 0 Å². The second-order valence-electron chi connectivity index (χ2n) is 2.22. The van der Waals surface area contributed by atoms with E-state index in [2.05, 4.69) is 21.2 Å². The van der Waals surface area contributed by atoms with Crippen LogP contribution in [0, 0.1) is 6.92 Å². The molecule has 1 rings (SSSR count). The molecule has 0 bridgehead atoms. The van der Waals surface area contributed by atoms with Crippen molar-refractivity contribution in [2.24, 2.45) is 0 Å². The zero-order valence-corrected chi connectivity index (χ0v) is 9.52. The summed E-state index contributed by atoms with van der Waals surface area (Å²) < 4.78 is 0.906. The second-order valence-corrected chi connectivity index (χ2v) is 4.59. The average Bonchev–Trinajstić information content (AvgIpc) is 2.30. The molecule has 0 unspecified atom stereocenters. The Balaban J connectivity index is 2.75. The van der Waals surface area contributed by atoms with Crippen molar-refractivity contribution in [2.75, 3.05) is 11.2 Å². The molecule has 0 aliphatic carbocycles. The van der Waals surface area contributed by atoms with E-state index in [0.717, 1.165) is 14.4 Å². The predicted octanol–water partition coefficient (Wildman–Crippen LogP) is 3.00. The van der Waals surface area contributed by atoms with Crippen LogP contribution in [0.4, 0.5) is 5.00 Å². The van der Waals surface area contributed by atoms with Gasteiger partial charge in [0.15, 0.2) is 0 Å². The zero-order valence-electron chi connectivity index (χ0n) is 6.36. The van der Waals surface area contributed by atoms with Crippen LogP contribution in [0.3, 0.4) is 0 Å². The van der Waals surface area contributed by atoms with E-state index in [1.54, 1.807) is 0 Å². The number of carbonyl (C=O) groups excluding carboxylic acids is 1. The molecule has 12 heavy (non-hydrogen) atoms. The first-order valence-corrected chi connectivity index (χ1v) is 5.39. The van der Waals surface area contributed by atoms with Crippen LogP contribution >= 0.6 is 38.9 Å². The van der Waals surface area contributed by atoms with Crippen LogP contribution in [-0.2, 0) is 4.79 Å². The minimum absolute atomic E-state index is 0.0105. The van der Waals surface area contributed by atoms with Gasteiger partial charge in [-0.1, -0.05) is 0 Å². The quantitative estimate of drug-likeness (QED) is 0.821. The highest BCUT2D eigenvalue weighted by atomic mass is 79.9. The van der Waals surface area contributed by atoms with Crippen LogP contribution < -0.4 is 5.32 Å². The van der Waals surface area contributed by atoms with Gasteiger partial charge in [0.1, 0.15) is 10.9 Å². The molecule has 0 radical (unpaired) electrons. The number of rotatable bonds is 2. The normalized spacial score (nSPS) is 9.92. The van der Waals surface area contributed by atoms with Crippen LogP contribution in [0.15, 0.2) is 10.5 Å². The summed E-state index contributed by atoms with van der Waals surface area (Å²) in [6.45, 7) is 1.98. The molecule has 0 fully saturated rings. The van der Waals surface area contributed by atoms with Crippen molar-refractivity contribution in [3.8, 4) is 0 Å². The molecule has 2 nitrogen and oxygen atoms in total. The summed E-state index contributed by atoms with van der Waals surface area (Å²) in [7, 11) is 0. The van der Waals surface area contributed by atoms with Gasteiger partial charge in [-0.25, -0.2) is 0 Å². The van der Waals surface area contributed by atoms with Gasteiger partial charge in [-0.3, -0.25) is 4.79 Å². The first-order valence-electron chi connectivity index (χ1n) is 3.25. The molecule has 1 amide bonds. The summed E-state index contributed by atoms with van der Waals surface area (Å²) in [5.74, 6) is -0.192.